The van der Waals surface area contributed by atoms with Gasteiger partial charge in [0.1, 0.15) is 5.92 Å². The number of carboxylic acid groups (broad SMARTS) is 1. The van der Waals surface area contributed by atoms with E-state index in [4.69, 9.17) is 5.73 Å². The number of H-pyrrole nitrogens is 1. The minimum absolute atomic E-state index is 0.346. The van der Waals surface area contributed by atoms with Crippen molar-refractivity contribution in [1.82, 2.24) is 4.98 Å². The van der Waals surface area contributed by atoms with Crippen LogP contribution in [0.4, 0.5) is 0 Å². The molecular formula is C17H22N2O3. The molecule has 0 fully saturated rings. The highest BCUT2D eigenvalue weighted by Crippen LogP contribution is 2.20. The van der Waals surface area contributed by atoms with E-state index in [0.29, 0.717) is 19.3 Å². The lowest BCUT2D eigenvalue weighted by Gasteiger charge is -2.16. The molecule has 0 aliphatic carbocycles. The van der Waals surface area contributed by atoms with E-state index in [1.807, 2.05) is 37.4 Å². The molecule has 0 aliphatic heterocycles. The summed E-state index contributed by atoms with van der Waals surface area (Å²) in [5.41, 5.74) is 7.91. The second-order valence-electron chi connectivity index (χ2n) is 5.61. The van der Waals surface area contributed by atoms with Crippen molar-refractivity contribution in [1.29, 1.82) is 0 Å². The van der Waals surface area contributed by atoms with Gasteiger partial charge < -0.3 is 15.8 Å². The Hall–Kier alpha value is -2.14. The molecule has 5 nitrogen and oxygen atoms in total. The average molecular weight is 302 g/mol. The number of hydrogen-bond donors (Lipinski definition) is 3. The molecule has 0 saturated carbocycles. The van der Waals surface area contributed by atoms with Crippen LogP contribution >= 0.6 is 0 Å². The van der Waals surface area contributed by atoms with Gasteiger partial charge in [-0.25, -0.2) is 0 Å². The SMILES string of the molecule is CCCCC(C(=O)O)C(=O)[C@@H](N)Cc1c[nH]c2ccccc12. The topological polar surface area (TPSA) is 96.2 Å². The third-order valence-electron chi connectivity index (χ3n) is 3.97. The van der Waals surface area contributed by atoms with Crippen LogP contribution < -0.4 is 5.73 Å². The summed E-state index contributed by atoms with van der Waals surface area (Å²) in [6.45, 7) is 1.97. The van der Waals surface area contributed by atoms with Gasteiger partial charge in [-0.1, -0.05) is 38.0 Å². The maximum atomic E-state index is 12.3. The van der Waals surface area contributed by atoms with E-state index in [9.17, 15) is 14.7 Å². The summed E-state index contributed by atoms with van der Waals surface area (Å²) in [5, 5.41) is 10.3. The largest absolute Gasteiger partial charge is 0.481 e. The number of rotatable bonds is 8. The molecule has 1 aromatic heterocycles. The predicted octanol–water partition coefficient (Wildman–Crippen LogP) is 2.50. The molecule has 1 aromatic carbocycles. The zero-order chi connectivity index (χ0) is 16.1. The second-order valence-corrected chi connectivity index (χ2v) is 5.61. The van der Waals surface area contributed by atoms with Crippen molar-refractivity contribution < 1.29 is 14.7 Å². The highest BCUT2D eigenvalue weighted by Gasteiger charge is 2.30. The van der Waals surface area contributed by atoms with Crippen molar-refractivity contribution in [2.24, 2.45) is 11.7 Å². The van der Waals surface area contributed by atoms with E-state index in [-0.39, 0.29) is 5.78 Å². The maximum absolute atomic E-state index is 12.3. The minimum atomic E-state index is -1.08. The van der Waals surface area contributed by atoms with Crippen LogP contribution in [0.3, 0.4) is 0 Å². The van der Waals surface area contributed by atoms with Crippen molar-refractivity contribution in [2.75, 3.05) is 0 Å². The second kappa shape index (κ2) is 7.22. The Morgan fingerprint density at radius 3 is 2.73 bits per heavy atom. The average Bonchev–Trinajstić information content (AvgIpc) is 2.90. The van der Waals surface area contributed by atoms with Gasteiger partial charge in [-0.3, -0.25) is 9.59 Å². The third-order valence-corrected chi connectivity index (χ3v) is 3.97. The van der Waals surface area contributed by atoms with Crippen LogP contribution in [-0.2, 0) is 16.0 Å². The molecule has 22 heavy (non-hydrogen) atoms. The summed E-state index contributed by atoms with van der Waals surface area (Å²) < 4.78 is 0. The quantitative estimate of drug-likeness (QED) is 0.653. The van der Waals surface area contributed by atoms with Gasteiger partial charge in [0, 0.05) is 17.1 Å². The van der Waals surface area contributed by atoms with Crippen molar-refractivity contribution in [3.8, 4) is 0 Å². The summed E-state index contributed by atoms with van der Waals surface area (Å²) in [5.74, 6) is -2.46. The first-order valence-electron chi connectivity index (χ1n) is 7.61. The molecule has 0 spiro atoms. The van der Waals surface area contributed by atoms with Gasteiger partial charge in [0.05, 0.1) is 6.04 Å². The van der Waals surface area contributed by atoms with E-state index in [2.05, 4.69) is 4.98 Å². The zero-order valence-electron chi connectivity index (χ0n) is 12.7. The number of carbonyl (C=O) groups excluding carboxylic acids is 1. The minimum Gasteiger partial charge on any atom is -0.481 e. The van der Waals surface area contributed by atoms with E-state index in [0.717, 1.165) is 22.9 Å². The Bertz CT molecular complexity index is 663. The number of unbranched alkanes of at least 4 members (excludes halogenated alkanes) is 1. The fraction of sp³-hybridized carbons (Fsp3) is 0.412. The molecule has 1 heterocycles. The number of nitrogens with two attached hydrogens (primary N) is 1. The number of aromatic amines is 1. The number of carbonyl (C=O) groups is 2. The lowest BCUT2D eigenvalue weighted by Crippen LogP contribution is -2.40. The van der Waals surface area contributed by atoms with Crippen LogP contribution in [-0.4, -0.2) is 27.9 Å². The van der Waals surface area contributed by atoms with Crippen molar-refractivity contribution in [2.45, 2.75) is 38.6 Å². The first kappa shape index (κ1) is 16.2. The number of aromatic nitrogens is 1. The molecule has 0 saturated heterocycles. The summed E-state index contributed by atoms with van der Waals surface area (Å²) in [6.07, 6.45) is 4.10. The van der Waals surface area contributed by atoms with E-state index >= 15 is 0 Å². The lowest BCUT2D eigenvalue weighted by molar-refractivity contribution is -0.147. The number of benzene rings is 1. The fourth-order valence-corrected chi connectivity index (χ4v) is 2.69. The molecule has 2 atom stereocenters. The number of aliphatic carboxylic acids is 1. The van der Waals surface area contributed by atoms with Gasteiger partial charge in [-0.2, -0.15) is 0 Å². The molecular weight excluding hydrogens is 280 g/mol. The Labute approximate surface area is 129 Å². The van der Waals surface area contributed by atoms with Crippen LogP contribution in [0.25, 0.3) is 10.9 Å². The number of fused-ring (bicyclic) bond motifs is 1. The number of nitrogens with one attached hydrogen (secondary N) is 1. The molecule has 2 aromatic rings. The molecule has 1 unspecified atom stereocenters. The lowest BCUT2D eigenvalue weighted by atomic mass is 9.90. The summed E-state index contributed by atoms with van der Waals surface area (Å²) in [4.78, 5) is 26.8. The van der Waals surface area contributed by atoms with Crippen LogP contribution in [0.5, 0.6) is 0 Å². The smallest absolute Gasteiger partial charge is 0.314 e. The van der Waals surface area contributed by atoms with Crippen LogP contribution in [0.2, 0.25) is 0 Å². The molecule has 0 radical (unpaired) electrons. The molecule has 4 N–H and O–H groups in total. The first-order valence-corrected chi connectivity index (χ1v) is 7.61. The van der Waals surface area contributed by atoms with E-state index in [1.165, 1.54) is 0 Å². The standard InChI is InChI=1S/C17H22N2O3/c1-2-3-6-13(17(21)22)16(20)14(18)9-11-10-19-15-8-5-4-7-12(11)15/h4-5,7-8,10,13-14,19H,2-3,6,9,18H2,1H3,(H,21,22)/t13?,14-/m0/s1. The van der Waals surface area contributed by atoms with Crippen molar-refractivity contribution >= 4 is 22.7 Å². The molecule has 0 bridgehead atoms. The number of para-hydroxylation sites is 1. The van der Waals surface area contributed by atoms with Crippen molar-refractivity contribution in [3.05, 3.63) is 36.0 Å². The van der Waals surface area contributed by atoms with Crippen LogP contribution in [0, 0.1) is 5.92 Å². The van der Waals surface area contributed by atoms with Gasteiger partial charge in [-0.05, 0) is 24.5 Å². The predicted molar refractivity (Wildman–Crippen MR) is 85.6 cm³/mol. The molecule has 5 heteroatoms. The molecule has 2 rings (SSSR count). The Kier molecular flexibility index (Phi) is 5.33. The number of Topliss-reactive ketones (excluding diaryl/α,β-unsaturated/α-hetero) is 1. The van der Waals surface area contributed by atoms with E-state index < -0.39 is 17.9 Å². The van der Waals surface area contributed by atoms with Gasteiger partial charge in [0.2, 0.25) is 0 Å². The summed E-state index contributed by atoms with van der Waals surface area (Å²) >= 11 is 0. The number of hydrogen-bond acceptors (Lipinski definition) is 3. The Morgan fingerprint density at radius 1 is 1.32 bits per heavy atom. The molecule has 0 aliphatic rings. The molecule has 0 amide bonds. The van der Waals surface area contributed by atoms with Crippen LogP contribution in [0.15, 0.2) is 30.5 Å². The molecule has 118 valence electrons. The van der Waals surface area contributed by atoms with E-state index in [1.54, 1.807) is 0 Å². The van der Waals surface area contributed by atoms with Crippen LogP contribution in [0.1, 0.15) is 31.7 Å². The van der Waals surface area contributed by atoms with Gasteiger partial charge >= 0.3 is 5.97 Å². The third kappa shape index (κ3) is 3.54. The van der Waals surface area contributed by atoms with Gasteiger partial charge in [-0.15, -0.1) is 0 Å². The highest BCUT2D eigenvalue weighted by atomic mass is 16.4. The fourth-order valence-electron chi connectivity index (χ4n) is 2.69. The summed E-state index contributed by atoms with van der Waals surface area (Å²) in [7, 11) is 0. The first-order chi connectivity index (χ1) is 10.5. The number of ketones is 1. The van der Waals surface area contributed by atoms with Gasteiger partial charge in [0.25, 0.3) is 0 Å². The summed E-state index contributed by atoms with van der Waals surface area (Å²) in [6, 6.07) is 6.97. The number of carboxylic acids is 1. The Balaban J connectivity index is 2.11. The zero-order valence-corrected chi connectivity index (χ0v) is 12.7. The van der Waals surface area contributed by atoms with Crippen molar-refractivity contribution in [3.63, 3.8) is 0 Å². The highest BCUT2D eigenvalue weighted by molar-refractivity contribution is 6.01. The Morgan fingerprint density at radius 2 is 2.05 bits per heavy atom. The normalized spacial score (nSPS) is 13.9. The maximum Gasteiger partial charge on any atom is 0.314 e. The monoisotopic (exact) mass is 302 g/mol. The van der Waals surface area contributed by atoms with Gasteiger partial charge in [0.15, 0.2) is 5.78 Å².